The second kappa shape index (κ2) is 11.2. The summed E-state index contributed by atoms with van der Waals surface area (Å²) in [6.45, 7) is 16.9. The Hall–Kier alpha value is -2.48. The number of thiophene rings is 1. The maximum absolute atomic E-state index is 14.1. The van der Waals surface area contributed by atoms with Crippen molar-refractivity contribution in [2.75, 3.05) is 19.6 Å². The largest absolute Gasteiger partial charge is 0.330 e. The summed E-state index contributed by atoms with van der Waals surface area (Å²) in [7, 11) is -3.87. The first-order chi connectivity index (χ1) is 18.2. The summed E-state index contributed by atoms with van der Waals surface area (Å²) in [5.74, 6) is -0.0902. The van der Waals surface area contributed by atoms with Crippen LogP contribution in [0.2, 0.25) is 0 Å². The van der Waals surface area contributed by atoms with Gasteiger partial charge in [0.25, 0.3) is 0 Å². The number of benzene rings is 2. The van der Waals surface area contributed by atoms with E-state index in [-0.39, 0.29) is 36.4 Å². The number of carbonyl (C=O) groups is 1. The van der Waals surface area contributed by atoms with E-state index in [1.807, 2.05) is 51.7 Å². The molecule has 3 aromatic rings. The first-order valence-electron chi connectivity index (χ1n) is 13.7. The highest BCUT2D eigenvalue weighted by Gasteiger charge is 2.36. The number of hydrogen-bond donors (Lipinski definition) is 0. The Bertz CT molecular complexity index is 1420. The van der Waals surface area contributed by atoms with Gasteiger partial charge in [0, 0.05) is 18.0 Å². The molecule has 0 spiro atoms. The van der Waals surface area contributed by atoms with Gasteiger partial charge in [0.1, 0.15) is 0 Å². The van der Waals surface area contributed by atoms with E-state index in [2.05, 4.69) is 56.5 Å². The standard InChI is InChI=1S/C32H42N2O3S2/c1-21(2)19-33(39(36,37)31-23(4)17-22(3)18-24(31)5)20-29(35)34-15-13-28-27(14-16-38-28)30(34)25-9-11-26(12-10-25)32(6,7)8/h9-12,14,16-18,21,30H,13,15,19-20H2,1-8H3/t30-/m0/s1. The number of hydrogen-bond acceptors (Lipinski definition) is 4. The van der Waals surface area contributed by atoms with E-state index in [1.165, 1.54) is 14.7 Å². The predicted octanol–water partition coefficient (Wildman–Crippen LogP) is 6.79. The second-order valence-corrected chi connectivity index (χ2v) is 15.2. The third kappa shape index (κ3) is 6.16. The molecule has 1 aliphatic heterocycles. The SMILES string of the molecule is Cc1cc(C)c(S(=O)(=O)N(CC(=O)N2CCc3sccc3[C@@H]2c2ccc(C(C)(C)C)cc2)CC(C)C)c(C)c1. The second-order valence-electron chi connectivity index (χ2n) is 12.3. The van der Waals surface area contributed by atoms with E-state index >= 15 is 0 Å². The number of fused-ring (bicyclic) bond motifs is 1. The Morgan fingerprint density at radius 1 is 1.05 bits per heavy atom. The van der Waals surface area contributed by atoms with Crippen LogP contribution in [0.4, 0.5) is 0 Å². The van der Waals surface area contributed by atoms with Gasteiger partial charge in [-0.15, -0.1) is 11.3 Å². The number of amides is 1. The van der Waals surface area contributed by atoms with Crippen molar-refractivity contribution in [2.45, 2.75) is 78.2 Å². The van der Waals surface area contributed by atoms with Crippen molar-refractivity contribution >= 4 is 27.3 Å². The Labute approximate surface area is 238 Å². The van der Waals surface area contributed by atoms with Gasteiger partial charge in [-0.25, -0.2) is 8.42 Å². The number of sulfonamides is 1. The maximum Gasteiger partial charge on any atom is 0.244 e. The molecule has 5 nitrogen and oxygen atoms in total. The zero-order valence-corrected chi connectivity index (χ0v) is 26.2. The third-order valence-corrected chi connectivity index (χ3v) is 10.6. The van der Waals surface area contributed by atoms with Crippen LogP contribution in [0.3, 0.4) is 0 Å². The van der Waals surface area contributed by atoms with E-state index in [1.54, 1.807) is 11.3 Å². The van der Waals surface area contributed by atoms with Gasteiger partial charge >= 0.3 is 0 Å². The molecule has 0 radical (unpaired) electrons. The highest BCUT2D eigenvalue weighted by molar-refractivity contribution is 7.89. The van der Waals surface area contributed by atoms with Gasteiger partial charge in [0.2, 0.25) is 15.9 Å². The molecule has 4 rings (SSSR count). The van der Waals surface area contributed by atoms with E-state index in [0.717, 1.165) is 23.1 Å². The van der Waals surface area contributed by atoms with Crippen molar-refractivity contribution in [1.82, 2.24) is 9.21 Å². The van der Waals surface area contributed by atoms with Gasteiger partial charge in [-0.2, -0.15) is 4.31 Å². The Morgan fingerprint density at radius 3 is 2.23 bits per heavy atom. The van der Waals surface area contributed by atoms with Crippen LogP contribution in [0, 0.1) is 26.7 Å². The first-order valence-corrected chi connectivity index (χ1v) is 16.1. The van der Waals surface area contributed by atoms with Crippen molar-refractivity contribution in [1.29, 1.82) is 0 Å². The van der Waals surface area contributed by atoms with Crippen LogP contribution in [-0.2, 0) is 26.7 Å². The van der Waals surface area contributed by atoms with Gasteiger partial charge in [0.15, 0.2) is 0 Å². The highest BCUT2D eigenvalue weighted by Crippen LogP contribution is 2.39. The van der Waals surface area contributed by atoms with Crippen LogP contribution in [0.15, 0.2) is 52.7 Å². The van der Waals surface area contributed by atoms with E-state index in [9.17, 15) is 13.2 Å². The maximum atomic E-state index is 14.1. The summed E-state index contributed by atoms with van der Waals surface area (Å²) < 4.78 is 29.5. The fraction of sp³-hybridized carbons (Fsp3) is 0.469. The lowest BCUT2D eigenvalue weighted by Gasteiger charge is -2.38. The number of nitrogens with zero attached hydrogens (tertiary/aromatic N) is 2. The third-order valence-electron chi connectivity index (χ3n) is 7.46. The lowest BCUT2D eigenvalue weighted by atomic mass is 9.85. The fourth-order valence-corrected chi connectivity index (χ4v) is 8.58. The molecule has 0 saturated heterocycles. The molecular weight excluding hydrogens is 524 g/mol. The summed E-state index contributed by atoms with van der Waals surface area (Å²) in [6.07, 6.45) is 0.780. The van der Waals surface area contributed by atoms with Crippen molar-refractivity contribution in [3.05, 3.63) is 86.1 Å². The quantitative estimate of drug-likeness (QED) is 0.316. The first kappa shape index (κ1) is 29.5. The van der Waals surface area contributed by atoms with Gasteiger partial charge in [-0.1, -0.05) is 76.6 Å². The number of rotatable bonds is 7. The smallest absolute Gasteiger partial charge is 0.244 e. The lowest BCUT2D eigenvalue weighted by Crippen LogP contribution is -2.47. The van der Waals surface area contributed by atoms with Gasteiger partial charge < -0.3 is 4.90 Å². The van der Waals surface area contributed by atoms with Crippen molar-refractivity contribution < 1.29 is 13.2 Å². The van der Waals surface area contributed by atoms with Crippen molar-refractivity contribution in [3.63, 3.8) is 0 Å². The minimum absolute atomic E-state index is 0.0338. The molecule has 2 aromatic carbocycles. The molecule has 39 heavy (non-hydrogen) atoms. The summed E-state index contributed by atoms with van der Waals surface area (Å²) in [5.41, 5.74) is 5.93. The minimum Gasteiger partial charge on any atom is -0.330 e. The van der Waals surface area contributed by atoms with Gasteiger partial charge in [0.05, 0.1) is 17.5 Å². The minimum atomic E-state index is -3.87. The lowest BCUT2D eigenvalue weighted by molar-refractivity contribution is -0.133. The molecule has 0 aliphatic carbocycles. The van der Waals surface area contributed by atoms with E-state index < -0.39 is 10.0 Å². The van der Waals surface area contributed by atoms with Crippen molar-refractivity contribution in [3.8, 4) is 0 Å². The molecule has 0 unspecified atom stereocenters. The molecule has 0 fully saturated rings. The molecule has 0 saturated carbocycles. The topological polar surface area (TPSA) is 57.7 Å². The van der Waals surface area contributed by atoms with Gasteiger partial charge in [-0.05, 0) is 77.8 Å². The number of aryl methyl sites for hydroxylation is 3. The molecular formula is C32H42N2O3S2. The number of carbonyl (C=O) groups excluding carboxylic acids is 1. The van der Waals surface area contributed by atoms with Crippen molar-refractivity contribution in [2.24, 2.45) is 5.92 Å². The highest BCUT2D eigenvalue weighted by atomic mass is 32.2. The molecule has 1 amide bonds. The van der Waals surface area contributed by atoms with E-state index in [4.69, 9.17) is 0 Å². The van der Waals surface area contributed by atoms with Crippen LogP contribution >= 0.6 is 11.3 Å². The van der Waals surface area contributed by atoms with E-state index in [0.29, 0.717) is 22.6 Å². The van der Waals surface area contributed by atoms with Gasteiger partial charge in [-0.3, -0.25) is 4.79 Å². The molecule has 210 valence electrons. The molecule has 0 N–H and O–H groups in total. The summed E-state index contributed by atoms with van der Waals surface area (Å²) >= 11 is 1.73. The average Bonchev–Trinajstić information content (AvgIpc) is 3.30. The zero-order valence-electron chi connectivity index (χ0n) is 24.5. The average molecular weight is 567 g/mol. The molecule has 1 atom stereocenters. The fourth-order valence-electron chi connectivity index (χ4n) is 5.71. The van der Waals surface area contributed by atoms with Crippen LogP contribution in [-0.4, -0.2) is 43.2 Å². The zero-order chi connectivity index (χ0) is 28.7. The molecule has 7 heteroatoms. The molecule has 2 heterocycles. The predicted molar refractivity (Wildman–Crippen MR) is 161 cm³/mol. The molecule has 0 bridgehead atoms. The Kier molecular flexibility index (Phi) is 8.46. The Balaban J connectivity index is 1.71. The van der Waals surface area contributed by atoms with Crippen LogP contribution < -0.4 is 0 Å². The van der Waals surface area contributed by atoms with Crippen LogP contribution in [0.25, 0.3) is 0 Å². The summed E-state index contributed by atoms with van der Waals surface area (Å²) in [6, 6.07) is 14.2. The Morgan fingerprint density at radius 2 is 1.67 bits per heavy atom. The monoisotopic (exact) mass is 566 g/mol. The summed E-state index contributed by atoms with van der Waals surface area (Å²) in [5, 5.41) is 2.09. The van der Waals surface area contributed by atoms with Crippen LogP contribution in [0.5, 0.6) is 0 Å². The van der Waals surface area contributed by atoms with Crippen LogP contribution in [0.1, 0.15) is 78.9 Å². The molecule has 1 aromatic heterocycles. The normalized spacial score (nSPS) is 16.2. The molecule has 1 aliphatic rings. The summed E-state index contributed by atoms with van der Waals surface area (Å²) in [4.78, 5) is 17.6.